The van der Waals surface area contributed by atoms with Crippen molar-refractivity contribution in [2.45, 2.75) is 13.0 Å². The third-order valence-electron chi connectivity index (χ3n) is 2.43. The number of sulfonamides is 1. The van der Waals surface area contributed by atoms with E-state index >= 15 is 0 Å². The molecule has 0 radical (unpaired) electrons. The fraction of sp³-hybridized carbons (Fsp3) is 0.417. The molecule has 0 fully saturated rings. The van der Waals surface area contributed by atoms with E-state index in [2.05, 4.69) is 15.4 Å². The molecule has 0 bridgehead atoms. The van der Waals surface area contributed by atoms with Gasteiger partial charge in [-0.1, -0.05) is 12.1 Å². The van der Waals surface area contributed by atoms with Gasteiger partial charge in [0.2, 0.25) is 10.0 Å². The number of carbonyl (C=O) groups is 1. The minimum absolute atomic E-state index is 0.132. The van der Waals surface area contributed by atoms with Gasteiger partial charge in [-0.2, -0.15) is 0 Å². The Labute approximate surface area is 118 Å². The molecule has 0 aliphatic carbocycles. The van der Waals surface area contributed by atoms with Crippen molar-refractivity contribution in [2.24, 2.45) is 0 Å². The van der Waals surface area contributed by atoms with Crippen LogP contribution in [-0.4, -0.2) is 38.9 Å². The van der Waals surface area contributed by atoms with E-state index in [1.807, 2.05) is 0 Å². The Morgan fingerprint density at radius 3 is 2.35 bits per heavy atom. The van der Waals surface area contributed by atoms with Crippen LogP contribution in [0.25, 0.3) is 0 Å². The average Bonchev–Trinajstić information content (AvgIpc) is 2.34. The maximum absolute atomic E-state index is 11.5. The Kier molecular flexibility index (Phi) is 5.93. The van der Waals surface area contributed by atoms with Gasteiger partial charge in [0.15, 0.2) is 0 Å². The van der Waals surface area contributed by atoms with Crippen molar-refractivity contribution in [3.8, 4) is 0 Å². The lowest BCUT2D eigenvalue weighted by Gasteiger charge is -2.09. The van der Waals surface area contributed by atoms with Crippen LogP contribution in [-0.2, 0) is 10.0 Å². The monoisotopic (exact) mass is 301 g/mol. The Bertz CT molecular complexity index is 540. The lowest BCUT2D eigenvalue weighted by Crippen LogP contribution is -2.36. The van der Waals surface area contributed by atoms with Gasteiger partial charge >= 0.3 is 6.03 Å². The summed E-state index contributed by atoms with van der Waals surface area (Å²) in [5.74, 6) is 0. The number of anilines is 1. The molecular formula is C12H19N3O4S. The maximum Gasteiger partial charge on any atom is 0.319 e. The van der Waals surface area contributed by atoms with Crippen LogP contribution >= 0.6 is 0 Å². The van der Waals surface area contributed by atoms with Crippen molar-refractivity contribution >= 4 is 21.7 Å². The standard InChI is InChI=1S/C12H19N3O4S/c1-9(16)10-3-5-11(6-4-10)15-12(17)13-7-8-14-20(2,18)19/h3-6,9,14,16H,7-8H2,1-2H3,(H2,13,15,17). The van der Waals surface area contributed by atoms with Crippen molar-refractivity contribution in [1.82, 2.24) is 10.0 Å². The predicted octanol–water partition coefficient (Wildman–Crippen LogP) is 0.411. The van der Waals surface area contributed by atoms with Crippen LogP contribution in [0.15, 0.2) is 24.3 Å². The number of rotatable bonds is 6. The first-order chi connectivity index (χ1) is 9.28. The topological polar surface area (TPSA) is 108 Å². The van der Waals surface area contributed by atoms with Crippen LogP contribution in [0.4, 0.5) is 10.5 Å². The Balaban J connectivity index is 2.35. The predicted molar refractivity (Wildman–Crippen MR) is 76.9 cm³/mol. The normalized spacial score (nSPS) is 12.8. The van der Waals surface area contributed by atoms with E-state index in [1.165, 1.54) is 0 Å². The van der Waals surface area contributed by atoms with Gasteiger partial charge in [-0.05, 0) is 24.6 Å². The van der Waals surface area contributed by atoms with Gasteiger partial charge in [-0.3, -0.25) is 0 Å². The summed E-state index contributed by atoms with van der Waals surface area (Å²) in [5, 5.41) is 14.5. The molecule has 2 amide bonds. The van der Waals surface area contributed by atoms with Gasteiger partial charge in [-0.15, -0.1) is 0 Å². The molecular weight excluding hydrogens is 282 g/mol. The third-order valence-corrected chi connectivity index (χ3v) is 3.15. The molecule has 1 rings (SSSR count). The van der Waals surface area contributed by atoms with Gasteiger partial charge in [0, 0.05) is 18.8 Å². The summed E-state index contributed by atoms with van der Waals surface area (Å²) in [5.41, 5.74) is 1.34. The highest BCUT2D eigenvalue weighted by atomic mass is 32.2. The van der Waals surface area contributed by atoms with E-state index < -0.39 is 22.2 Å². The quantitative estimate of drug-likeness (QED) is 0.571. The van der Waals surface area contributed by atoms with Crippen LogP contribution in [0.2, 0.25) is 0 Å². The molecule has 4 N–H and O–H groups in total. The van der Waals surface area contributed by atoms with E-state index in [-0.39, 0.29) is 13.1 Å². The zero-order chi connectivity index (χ0) is 15.2. The molecule has 7 nitrogen and oxygen atoms in total. The molecule has 112 valence electrons. The van der Waals surface area contributed by atoms with E-state index in [0.717, 1.165) is 11.8 Å². The molecule has 0 saturated heterocycles. The summed E-state index contributed by atoms with van der Waals surface area (Å²) in [7, 11) is -3.24. The largest absolute Gasteiger partial charge is 0.389 e. The second kappa shape index (κ2) is 7.22. The van der Waals surface area contributed by atoms with E-state index in [1.54, 1.807) is 31.2 Å². The minimum atomic E-state index is -3.24. The summed E-state index contributed by atoms with van der Waals surface area (Å²) < 4.78 is 23.9. The van der Waals surface area contributed by atoms with Crippen molar-refractivity contribution < 1.29 is 18.3 Å². The van der Waals surface area contributed by atoms with Crippen molar-refractivity contribution in [1.29, 1.82) is 0 Å². The Morgan fingerprint density at radius 1 is 1.25 bits per heavy atom. The lowest BCUT2D eigenvalue weighted by atomic mass is 10.1. The summed E-state index contributed by atoms with van der Waals surface area (Å²) in [6.07, 6.45) is 0.497. The number of aliphatic hydroxyl groups excluding tert-OH is 1. The number of benzene rings is 1. The zero-order valence-corrected chi connectivity index (χ0v) is 12.2. The van der Waals surface area contributed by atoms with E-state index in [0.29, 0.717) is 5.69 Å². The lowest BCUT2D eigenvalue weighted by molar-refractivity contribution is 0.199. The number of aliphatic hydroxyl groups is 1. The Hall–Kier alpha value is -1.64. The number of hydrogen-bond acceptors (Lipinski definition) is 4. The molecule has 0 spiro atoms. The number of urea groups is 1. The summed E-state index contributed by atoms with van der Waals surface area (Å²) in [4.78, 5) is 11.5. The first kappa shape index (κ1) is 16.4. The summed E-state index contributed by atoms with van der Waals surface area (Å²) in [6.45, 7) is 1.97. The first-order valence-corrected chi connectivity index (χ1v) is 7.94. The second-order valence-electron chi connectivity index (χ2n) is 4.35. The van der Waals surface area contributed by atoms with Gasteiger partial charge in [0.1, 0.15) is 0 Å². The molecule has 0 aromatic heterocycles. The molecule has 8 heteroatoms. The molecule has 20 heavy (non-hydrogen) atoms. The number of hydrogen-bond donors (Lipinski definition) is 4. The Morgan fingerprint density at radius 2 is 1.85 bits per heavy atom. The second-order valence-corrected chi connectivity index (χ2v) is 6.18. The number of amides is 2. The minimum Gasteiger partial charge on any atom is -0.389 e. The van der Waals surface area contributed by atoms with Crippen molar-refractivity contribution in [2.75, 3.05) is 24.7 Å². The van der Waals surface area contributed by atoms with Crippen LogP contribution in [0.1, 0.15) is 18.6 Å². The maximum atomic E-state index is 11.5. The van der Waals surface area contributed by atoms with Crippen LogP contribution in [0.5, 0.6) is 0 Å². The highest BCUT2D eigenvalue weighted by Gasteiger charge is 2.04. The first-order valence-electron chi connectivity index (χ1n) is 6.05. The van der Waals surface area contributed by atoms with Gasteiger partial charge in [0.25, 0.3) is 0 Å². The van der Waals surface area contributed by atoms with Gasteiger partial charge in [0.05, 0.1) is 12.4 Å². The SMILES string of the molecule is CC(O)c1ccc(NC(=O)NCCNS(C)(=O)=O)cc1. The number of nitrogens with one attached hydrogen (secondary N) is 3. The zero-order valence-electron chi connectivity index (χ0n) is 11.4. The highest BCUT2D eigenvalue weighted by molar-refractivity contribution is 7.88. The molecule has 1 aromatic rings. The van der Waals surface area contributed by atoms with Gasteiger partial charge < -0.3 is 15.7 Å². The summed E-state index contributed by atoms with van der Waals surface area (Å²) >= 11 is 0. The average molecular weight is 301 g/mol. The molecule has 0 saturated carbocycles. The highest BCUT2D eigenvalue weighted by Crippen LogP contribution is 2.15. The van der Waals surface area contributed by atoms with Crippen molar-refractivity contribution in [3.05, 3.63) is 29.8 Å². The van der Waals surface area contributed by atoms with Crippen molar-refractivity contribution in [3.63, 3.8) is 0 Å². The van der Waals surface area contributed by atoms with Crippen LogP contribution in [0.3, 0.4) is 0 Å². The van der Waals surface area contributed by atoms with Crippen LogP contribution in [0, 0.1) is 0 Å². The number of carbonyl (C=O) groups excluding carboxylic acids is 1. The third kappa shape index (κ3) is 6.50. The fourth-order valence-corrected chi connectivity index (χ4v) is 1.91. The van der Waals surface area contributed by atoms with Crippen LogP contribution < -0.4 is 15.4 Å². The molecule has 1 unspecified atom stereocenters. The molecule has 1 atom stereocenters. The fourth-order valence-electron chi connectivity index (χ4n) is 1.43. The molecule has 0 aliphatic rings. The van der Waals surface area contributed by atoms with E-state index in [9.17, 15) is 18.3 Å². The van der Waals surface area contributed by atoms with Gasteiger partial charge in [-0.25, -0.2) is 17.9 Å². The molecule has 0 heterocycles. The molecule has 0 aliphatic heterocycles. The van der Waals surface area contributed by atoms with E-state index in [4.69, 9.17) is 0 Å². The summed E-state index contributed by atoms with van der Waals surface area (Å²) in [6, 6.07) is 6.36. The smallest absolute Gasteiger partial charge is 0.319 e. The molecule has 1 aromatic carbocycles.